The summed E-state index contributed by atoms with van der Waals surface area (Å²) in [6.07, 6.45) is 0. The first-order valence-electron chi connectivity index (χ1n) is 7.37. The average molecular weight is 330 g/mol. The molecule has 6 nitrogen and oxygen atoms in total. The quantitative estimate of drug-likeness (QED) is 0.747. The molecule has 0 saturated carbocycles. The van der Waals surface area contributed by atoms with Crippen LogP contribution in [0.1, 0.15) is 0 Å². The molecule has 23 heavy (non-hydrogen) atoms. The third kappa shape index (κ3) is 2.60. The van der Waals surface area contributed by atoms with Gasteiger partial charge in [0.25, 0.3) is 0 Å². The lowest BCUT2D eigenvalue weighted by molar-refractivity contribution is 0.586. The van der Waals surface area contributed by atoms with Gasteiger partial charge >= 0.3 is 0 Å². The molecule has 0 amide bonds. The third-order valence-electron chi connectivity index (χ3n) is 3.87. The van der Waals surface area contributed by atoms with Gasteiger partial charge in [0.1, 0.15) is 11.6 Å². The Labute approximate surface area is 136 Å². The number of hydrogen-bond acceptors (Lipinski definition) is 7. The van der Waals surface area contributed by atoms with Crippen molar-refractivity contribution in [1.82, 2.24) is 19.7 Å². The van der Waals surface area contributed by atoms with E-state index in [1.54, 1.807) is 12.1 Å². The molecule has 0 bridgehead atoms. The lowest BCUT2D eigenvalue weighted by atomic mass is 10.1. The van der Waals surface area contributed by atoms with E-state index in [4.69, 9.17) is 5.73 Å². The van der Waals surface area contributed by atoms with Crippen LogP contribution in [0.25, 0.3) is 21.5 Å². The number of nitrogens with zero attached hydrogens (tertiary/aromatic N) is 4. The first kappa shape index (κ1) is 14.3. The van der Waals surface area contributed by atoms with Gasteiger partial charge in [-0.25, -0.2) is 9.37 Å². The maximum absolute atomic E-state index is 13.2. The van der Waals surface area contributed by atoms with Crippen molar-refractivity contribution >= 4 is 33.5 Å². The standard InChI is InChI=1S/C15H15FN6S/c16-10-3-1-9(2-4-10)12-11-13(22-7-5-18-6-8-22)19-15(17)20-14(11)23-21-12/h1-4,18H,5-8H2,(H2,17,19,20). The fourth-order valence-corrected chi connectivity index (χ4v) is 3.55. The van der Waals surface area contributed by atoms with Crippen LogP contribution in [0.4, 0.5) is 16.2 Å². The van der Waals surface area contributed by atoms with Gasteiger partial charge in [-0.05, 0) is 35.8 Å². The molecule has 0 radical (unpaired) electrons. The van der Waals surface area contributed by atoms with E-state index in [-0.39, 0.29) is 11.8 Å². The van der Waals surface area contributed by atoms with Crippen molar-refractivity contribution < 1.29 is 4.39 Å². The summed E-state index contributed by atoms with van der Waals surface area (Å²) < 4.78 is 17.7. The van der Waals surface area contributed by atoms with Crippen LogP contribution < -0.4 is 16.0 Å². The van der Waals surface area contributed by atoms with Gasteiger partial charge in [-0.1, -0.05) is 0 Å². The molecule has 0 unspecified atom stereocenters. The molecular weight excluding hydrogens is 315 g/mol. The molecule has 1 aliphatic heterocycles. The molecule has 1 saturated heterocycles. The van der Waals surface area contributed by atoms with Crippen LogP contribution in [0.15, 0.2) is 24.3 Å². The fourth-order valence-electron chi connectivity index (χ4n) is 2.76. The Balaban J connectivity index is 1.90. The van der Waals surface area contributed by atoms with Gasteiger partial charge in [-0.3, -0.25) is 0 Å². The van der Waals surface area contributed by atoms with Gasteiger partial charge in [0.15, 0.2) is 4.83 Å². The minimum absolute atomic E-state index is 0.250. The van der Waals surface area contributed by atoms with E-state index >= 15 is 0 Å². The maximum Gasteiger partial charge on any atom is 0.223 e. The minimum atomic E-state index is -0.267. The predicted octanol–water partition coefficient (Wildman–Crippen LogP) is 1.88. The van der Waals surface area contributed by atoms with E-state index in [0.717, 1.165) is 53.5 Å². The number of anilines is 2. The summed E-state index contributed by atoms with van der Waals surface area (Å²) in [6, 6.07) is 6.32. The number of benzene rings is 1. The highest BCUT2D eigenvalue weighted by atomic mass is 32.1. The SMILES string of the molecule is Nc1nc(N2CCNCC2)c2c(-c3ccc(F)cc3)nsc2n1. The molecule has 4 rings (SSSR count). The molecule has 2 aromatic heterocycles. The number of piperazine rings is 1. The number of halogens is 1. The van der Waals surface area contributed by atoms with Gasteiger partial charge in [0.05, 0.1) is 11.1 Å². The van der Waals surface area contributed by atoms with Gasteiger partial charge in [-0.15, -0.1) is 0 Å². The summed E-state index contributed by atoms with van der Waals surface area (Å²) in [5.74, 6) is 0.790. The minimum Gasteiger partial charge on any atom is -0.368 e. The Hall–Kier alpha value is -2.32. The molecule has 0 atom stereocenters. The summed E-state index contributed by atoms with van der Waals surface area (Å²) in [5.41, 5.74) is 7.49. The van der Waals surface area contributed by atoms with Crippen molar-refractivity contribution in [3.8, 4) is 11.3 Å². The second-order valence-corrected chi connectivity index (χ2v) is 6.11. The number of rotatable bonds is 2. The van der Waals surface area contributed by atoms with Crippen LogP contribution >= 0.6 is 11.5 Å². The van der Waals surface area contributed by atoms with Gasteiger partial charge in [0.2, 0.25) is 5.95 Å². The Morgan fingerprint density at radius 3 is 2.61 bits per heavy atom. The molecule has 118 valence electrons. The van der Waals surface area contributed by atoms with Crippen LogP contribution in [-0.4, -0.2) is 40.5 Å². The Morgan fingerprint density at radius 1 is 1.13 bits per heavy atom. The normalized spacial score (nSPS) is 15.3. The molecule has 8 heteroatoms. The number of fused-ring (bicyclic) bond motifs is 1. The van der Waals surface area contributed by atoms with E-state index in [1.165, 1.54) is 23.7 Å². The molecule has 3 heterocycles. The van der Waals surface area contributed by atoms with Crippen LogP contribution in [0.2, 0.25) is 0 Å². The van der Waals surface area contributed by atoms with E-state index in [0.29, 0.717) is 0 Å². The summed E-state index contributed by atoms with van der Waals surface area (Å²) >= 11 is 1.29. The number of nitrogens with one attached hydrogen (secondary N) is 1. The monoisotopic (exact) mass is 330 g/mol. The summed E-state index contributed by atoms with van der Waals surface area (Å²) in [5, 5.41) is 4.21. The molecular formula is C15H15FN6S. The summed E-state index contributed by atoms with van der Waals surface area (Å²) in [6.45, 7) is 3.50. The summed E-state index contributed by atoms with van der Waals surface area (Å²) in [4.78, 5) is 11.7. The van der Waals surface area contributed by atoms with Gasteiger partial charge in [0, 0.05) is 31.7 Å². The van der Waals surface area contributed by atoms with Gasteiger partial charge in [-0.2, -0.15) is 9.36 Å². The van der Waals surface area contributed by atoms with Crippen LogP contribution in [0, 0.1) is 5.82 Å². The predicted molar refractivity (Wildman–Crippen MR) is 90.1 cm³/mol. The highest BCUT2D eigenvalue weighted by molar-refractivity contribution is 7.13. The largest absolute Gasteiger partial charge is 0.368 e. The lowest BCUT2D eigenvalue weighted by Gasteiger charge is -2.29. The second-order valence-electron chi connectivity index (χ2n) is 5.36. The fraction of sp³-hybridized carbons (Fsp3) is 0.267. The molecule has 3 aromatic rings. The molecule has 0 aliphatic carbocycles. The second kappa shape index (κ2) is 5.71. The van der Waals surface area contributed by atoms with Crippen molar-refractivity contribution in [1.29, 1.82) is 0 Å². The molecule has 1 aromatic carbocycles. The lowest BCUT2D eigenvalue weighted by Crippen LogP contribution is -2.44. The zero-order valence-electron chi connectivity index (χ0n) is 12.3. The highest BCUT2D eigenvalue weighted by Crippen LogP contribution is 2.36. The average Bonchev–Trinajstić information content (AvgIpc) is 2.99. The highest BCUT2D eigenvalue weighted by Gasteiger charge is 2.21. The van der Waals surface area contributed by atoms with E-state index in [9.17, 15) is 4.39 Å². The number of nitrogen functional groups attached to an aromatic ring is 1. The van der Waals surface area contributed by atoms with Crippen molar-refractivity contribution in [2.24, 2.45) is 0 Å². The first-order valence-corrected chi connectivity index (χ1v) is 8.14. The summed E-state index contributed by atoms with van der Waals surface area (Å²) in [7, 11) is 0. The van der Waals surface area contributed by atoms with Crippen molar-refractivity contribution in [3.05, 3.63) is 30.1 Å². The van der Waals surface area contributed by atoms with Crippen LogP contribution in [0.5, 0.6) is 0 Å². The van der Waals surface area contributed by atoms with E-state index in [1.807, 2.05) is 0 Å². The Morgan fingerprint density at radius 2 is 1.87 bits per heavy atom. The molecule has 0 spiro atoms. The number of hydrogen-bond donors (Lipinski definition) is 2. The first-order chi connectivity index (χ1) is 11.2. The zero-order valence-corrected chi connectivity index (χ0v) is 13.1. The third-order valence-corrected chi connectivity index (χ3v) is 4.61. The number of nitrogens with two attached hydrogens (primary N) is 1. The van der Waals surface area contributed by atoms with E-state index < -0.39 is 0 Å². The van der Waals surface area contributed by atoms with Crippen molar-refractivity contribution in [2.75, 3.05) is 36.8 Å². The Bertz CT molecular complexity index is 841. The van der Waals surface area contributed by atoms with Crippen LogP contribution in [-0.2, 0) is 0 Å². The van der Waals surface area contributed by atoms with Crippen molar-refractivity contribution in [2.45, 2.75) is 0 Å². The van der Waals surface area contributed by atoms with Gasteiger partial charge < -0.3 is 16.0 Å². The Kier molecular flexibility index (Phi) is 3.55. The van der Waals surface area contributed by atoms with Crippen molar-refractivity contribution in [3.63, 3.8) is 0 Å². The van der Waals surface area contributed by atoms with E-state index in [2.05, 4.69) is 24.6 Å². The molecule has 1 aliphatic rings. The smallest absolute Gasteiger partial charge is 0.223 e. The number of aromatic nitrogens is 3. The molecule has 1 fully saturated rings. The zero-order chi connectivity index (χ0) is 15.8. The maximum atomic E-state index is 13.2. The topological polar surface area (TPSA) is 80.0 Å². The van der Waals surface area contributed by atoms with Crippen LogP contribution in [0.3, 0.4) is 0 Å². The molecule has 3 N–H and O–H groups in total.